The third-order valence-electron chi connectivity index (χ3n) is 6.43. The first kappa shape index (κ1) is 24.6. The Labute approximate surface area is 199 Å². The Bertz CT molecular complexity index is 1010. The number of hydrogen-bond acceptors (Lipinski definition) is 3. The van der Waals surface area contributed by atoms with E-state index in [0.717, 1.165) is 50.8 Å². The van der Waals surface area contributed by atoms with Gasteiger partial charge in [-0.1, -0.05) is 56.3 Å². The number of likely N-dealkylation sites (tertiary alicyclic amines) is 1. The maximum Gasteiger partial charge on any atom is 0.272 e. The molecule has 1 fully saturated rings. The van der Waals surface area contributed by atoms with Gasteiger partial charge in [0.05, 0.1) is 0 Å². The summed E-state index contributed by atoms with van der Waals surface area (Å²) in [6.07, 6.45) is 14.9. The van der Waals surface area contributed by atoms with Gasteiger partial charge in [0.2, 0.25) is 0 Å². The molecule has 1 aromatic carbocycles. The Hall–Kier alpha value is -3.01. The summed E-state index contributed by atoms with van der Waals surface area (Å²) in [6.45, 7) is 10.1. The lowest BCUT2D eigenvalue weighted by molar-refractivity contribution is 0.0695. The molecule has 1 aliphatic rings. The minimum Gasteiger partial charge on any atom is -0.337 e. The van der Waals surface area contributed by atoms with E-state index in [4.69, 9.17) is 4.99 Å². The van der Waals surface area contributed by atoms with Crippen molar-refractivity contribution < 1.29 is 4.79 Å². The van der Waals surface area contributed by atoms with E-state index in [1.807, 2.05) is 23.1 Å². The number of carbonyl (C=O) groups is 1. The molecule has 1 amide bonds. The molecule has 3 rings (SSSR count). The lowest BCUT2D eigenvalue weighted by Gasteiger charge is -2.32. The van der Waals surface area contributed by atoms with Gasteiger partial charge in [0, 0.05) is 43.5 Å². The van der Waals surface area contributed by atoms with Gasteiger partial charge in [-0.3, -0.25) is 14.8 Å². The normalized spacial score (nSPS) is 15.6. The van der Waals surface area contributed by atoms with Crippen LogP contribution in [0.1, 0.15) is 72.3 Å². The van der Waals surface area contributed by atoms with Crippen molar-refractivity contribution in [3.05, 3.63) is 82.3 Å². The van der Waals surface area contributed by atoms with Crippen LogP contribution < -0.4 is 0 Å². The molecule has 33 heavy (non-hydrogen) atoms. The van der Waals surface area contributed by atoms with Crippen LogP contribution in [0.25, 0.3) is 6.08 Å². The van der Waals surface area contributed by atoms with Crippen LogP contribution in [0.4, 0.5) is 0 Å². The molecule has 1 saturated heterocycles. The third kappa shape index (κ3) is 6.74. The van der Waals surface area contributed by atoms with Crippen molar-refractivity contribution in [2.45, 2.75) is 59.8 Å². The van der Waals surface area contributed by atoms with Crippen LogP contribution in [0.5, 0.6) is 0 Å². The van der Waals surface area contributed by atoms with E-state index >= 15 is 0 Å². The number of carbonyl (C=O) groups excluding carboxylic acids is 1. The zero-order valence-electron chi connectivity index (χ0n) is 20.6. The zero-order valence-corrected chi connectivity index (χ0v) is 20.6. The maximum absolute atomic E-state index is 12.9. The van der Waals surface area contributed by atoms with Crippen molar-refractivity contribution in [1.82, 2.24) is 9.88 Å². The van der Waals surface area contributed by atoms with Gasteiger partial charge in [-0.2, -0.15) is 0 Å². The SMILES string of the molecule is CC/C=C\c1ccc(C(=O)N2CCC(/C(=C/CC)N=CCc3cccc(C)c3C)CC2)nc1. The second-order valence-corrected chi connectivity index (χ2v) is 8.77. The Morgan fingerprint density at radius 1 is 1.12 bits per heavy atom. The Morgan fingerprint density at radius 3 is 2.58 bits per heavy atom. The van der Waals surface area contributed by atoms with Gasteiger partial charge in [0.25, 0.3) is 5.91 Å². The molecule has 174 valence electrons. The van der Waals surface area contributed by atoms with Crippen LogP contribution in [-0.4, -0.2) is 35.1 Å². The first-order valence-electron chi connectivity index (χ1n) is 12.2. The molecule has 0 N–H and O–H groups in total. The van der Waals surface area contributed by atoms with Crippen LogP contribution in [0, 0.1) is 19.8 Å². The summed E-state index contributed by atoms with van der Waals surface area (Å²) in [5.74, 6) is 0.428. The number of benzene rings is 1. The first-order valence-corrected chi connectivity index (χ1v) is 12.2. The number of piperidine rings is 1. The van der Waals surface area contributed by atoms with Gasteiger partial charge in [0.15, 0.2) is 0 Å². The molecule has 0 radical (unpaired) electrons. The van der Waals surface area contributed by atoms with Gasteiger partial charge in [0.1, 0.15) is 5.69 Å². The molecule has 2 aromatic rings. The summed E-state index contributed by atoms with van der Waals surface area (Å²) in [5.41, 5.74) is 6.72. The lowest BCUT2D eigenvalue weighted by atomic mass is 9.92. The van der Waals surface area contributed by atoms with E-state index in [1.165, 1.54) is 22.4 Å². The smallest absolute Gasteiger partial charge is 0.272 e. The molecular weight excluding hydrogens is 406 g/mol. The van der Waals surface area contributed by atoms with E-state index in [9.17, 15) is 4.79 Å². The van der Waals surface area contributed by atoms with Crippen LogP contribution >= 0.6 is 0 Å². The Kier molecular flexibility index (Phi) is 9.17. The number of aliphatic imine (C=N–C) groups is 1. The average Bonchev–Trinajstić information content (AvgIpc) is 2.85. The highest BCUT2D eigenvalue weighted by molar-refractivity contribution is 5.92. The maximum atomic E-state index is 12.9. The van der Waals surface area contributed by atoms with E-state index in [-0.39, 0.29) is 5.91 Å². The van der Waals surface area contributed by atoms with Crippen LogP contribution in [0.15, 0.2) is 59.4 Å². The number of allylic oxidation sites excluding steroid dienone is 3. The van der Waals surface area contributed by atoms with Gasteiger partial charge in [-0.05, 0) is 67.9 Å². The fraction of sp³-hybridized carbons (Fsp3) is 0.414. The molecule has 0 saturated carbocycles. The predicted octanol–water partition coefficient (Wildman–Crippen LogP) is 6.58. The van der Waals surface area contributed by atoms with Crippen molar-refractivity contribution in [1.29, 1.82) is 0 Å². The van der Waals surface area contributed by atoms with E-state index in [1.54, 1.807) is 6.20 Å². The fourth-order valence-corrected chi connectivity index (χ4v) is 4.24. The quantitative estimate of drug-likeness (QED) is 0.433. The number of pyridine rings is 1. The molecule has 4 nitrogen and oxygen atoms in total. The summed E-state index contributed by atoms with van der Waals surface area (Å²) in [5, 5.41) is 0. The Morgan fingerprint density at radius 2 is 1.91 bits per heavy atom. The van der Waals surface area contributed by atoms with Gasteiger partial charge < -0.3 is 4.90 Å². The number of aryl methyl sites for hydroxylation is 1. The Balaban J connectivity index is 1.58. The van der Waals surface area contributed by atoms with Crippen molar-refractivity contribution in [3.8, 4) is 0 Å². The van der Waals surface area contributed by atoms with Crippen molar-refractivity contribution in [2.24, 2.45) is 10.9 Å². The molecule has 0 spiro atoms. The molecule has 1 aliphatic heterocycles. The van der Waals surface area contributed by atoms with Gasteiger partial charge in [-0.15, -0.1) is 0 Å². The number of aromatic nitrogens is 1. The second kappa shape index (κ2) is 12.3. The highest BCUT2D eigenvalue weighted by Gasteiger charge is 2.26. The minimum atomic E-state index is 0.0268. The molecule has 0 bridgehead atoms. The number of amides is 1. The molecule has 4 heteroatoms. The monoisotopic (exact) mass is 443 g/mol. The van der Waals surface area contributed by atoms with Crippen molar-refractivity contribution in [2.75, 3.05) is 13.1 Å². The average molecular weight is 444 g/mol. The van der Waals surface area contributed by atoms with Crippen LogP contribution in [0.2, 0.25) is 0 Å². The van der Waals surface area contributed by atoms with Crippen molar-refractivity contribution >= 4 is 18.2 Å². The molecule has 1 aromatic heterocycles. The molecule has 0 atom stereocenters. The number of hydrogen-bond donors (Lipinski definition) is 0. The zero-order chi connectivity index (χ0) is 23.6. The second-order valence-electron chi connectivity index (χ2n) is 8.77. The summed E-state index contributed by atoms with van der Waals surface area (Å²) in [7, 11) is 0. The highest BCUT2D eigenvalue weighted by Crippen LogP contribution is 2.27. The highest BCUT2D eigenvalue weighted by atomic mass is 16.2. The lowest BCUT2D eigenvalue weighted by Crippen LogP contribution is -2.39. The summed E-state index contributed by atoms with van der Waals surface area (Å²) in [4.78, 5) is 24.1. The van der Waals surface area contributed by atoms with Crippen LogP contribution in [-0.2, 0) is 6.42 Å². The molecule has 0 unspecified atom stereocenters. The topological polar surface area (TPSA) is 45.6 Å². The summed E-state index contributed by atoms with van der Waals surface area (Å²) >= 11 is 0. The fourth-order valence-electron chi connectivity index (χ4n) is 4.24. The van der Waals surface area contributed by atoms with Crippen molar-refractivity contribution in [3.63, 3.8) is 0 Å². The molecule has 2 heterocycles. The molecule has 0 aliphatic carbocycles. The summed E-state index contributed by atoms with van der Waals surface area (Å²) in [6, 6.07) is 10.3. The van der Waals surface area contributed by atoms with E-state index in [2.05, 4.69) is 69.2 Å². The number of nitrogens with zero attached hydrogens (tertiary/aromatic N) is 3. The van der Waals surface area contributed by atoms with Crippen LogP contribution in [0.3, 0.4) is 0 Å². The first-order chi connectivity index (χ1) is 16.0. The summed E-state index contributed by atoms with van der Waals surface area (Å²) < 4.78 is 0. The predicted molar refractivity (Wildman–Crippen MR) is 139 cm³/mol. The van der Waals surface area contributed by atoms with E-state index in [0.29, 0.717) is 11.6 Å². The van der Waals surface area contributed by atoms with E-state index < -0.39 is 0 Å². The number of rotatable bonds is 8. The third-order valence-corrected chi connectivity index (χ3v) is 6.43. The van der Waals surface area contributed by atoms with Gasteiger partial charge >= 0.3 is 0 Å². The standard InChI is InChI=1S/C29H37N3O/c1-5-7-11-24-13-14-28(31-21-24)29(33)32-19-16-26(17-20-32)27(9-6-2)30-18-15-25-12-8-10-22(3)23(25)4/h7-14,18,21,26H,5-6,15-17,19-20H2,1-4H3/b11-7-,27-9-,30-18?. The molecular formula is C29H37N3O. The van der Waals surface area contributed by atoms with Gasteiger partial charge in [-0.25, -0.2) is 0 Å². The minimum absolute atomic E-state index is 0.0268. The largest absolute Gasteiger partial charge is 0.337 e.